The molecule has 0 aliphatic carbocycles. The lowest BCUT2D eigenvalue weighted by Crippen LogP contribution is -2.36. The molecule has 0 aliphatic rings. The Kier molecular flexibility index (Phi) is 4.05. The van der Waals surface area contributed by atoms with E-state index in [9.17, 15) is 9.90 Å². The summed E-state index contributed by atoms with van der Waals surface area (Å²) in [6.45, 7) is 2.85. The van der Waals surface area contributed by atoms with E-state index in [1.54, 1.807) is 11.9 Å². The summed E-state index contributed by atoms with van der Waals surface area (Å²) in [4.78, 5) is 11.6. The van der Waals surface area contributed by atoms with Gasteiger partial charge in [0.2, 0.25) is 0 Å². The van der Waals surface area contributed by atoms with E-state index in [0.717, 1.165) is 13.0 Å². The van der Waals surface area contributed by atoms with Gasteiger partial charge in [0.05, 0.1) is 5.97 Å². The summed E-state index contributed by atoms with van der Waals surface area (Å²) >= 11 is 0. The molecule has 0 aliphatic heterocycles. The number of carboxylic acids is 1. The van der Waals surface area contributed by atoms with Crippen LogP contribution >= 0.6 is 0 Å². The Balaban J connectivity index is 3.26. The summed E-state index contributed by atoms with van der Waals surface area (Å²) in [6, 6.07) is 0. The second-order valence-corrected chi connectivity index (χ2v) is 2.11. The zero-order chi connectivity index (χ0) is 7.28. The second kappa shape index (κ2) is 4.32. The Morgan fingerprint density at radius 1 is 1.67 bits per heavy atom. The topological polar surface area (TPSA) is 43.4 Å². The third kappa shape index (κ3) is 5.30. The first-order valence-corrected chi connectivity index (χ1v) is 3.05. The Hall–Kier alpha value is -0.570. The molecular weight excluding hydrogens is 118 g/mol. The smallest absolute Gasteiger partial charge is 0.0554 e. The fraction of sp³-hybridized carbons (Fsp3) is 0.833. The van der Waals surface area contributed by atoms with Crippen molar-refractivity contribution in [1.29, 1.82) is 0 Å². The van der Waals surface area contributed by atoms with Crippen molar-refractivity contribution in [3.05, 3.63) is 0 Å². The first-order valence-electron chi connectivity index (χ1n) is 3.05. The van der Waals surface area contributed by atoms with Crippen LogP contribution in [0.4, 0.5) is 0 Å². The molecular formula is C6H12NO2-. The lowest BCUT2D eigenvalue weighted by atomic mass is 10.4. The summed E-state index contributed by atoms with van der Waals surface area (Å²) in [6.07, 6.45) is 0.976. The van der Waals surface area contributed by atoms with Crippen molar-refractivity contribution < 1.29 is 9.90 Å². The van der Waals surface area contributed by atoms with Crippen molar-refractivity contribution in [2.24, 2.45) is 0 Å². The minimum atomic E-state index is -1.01. The van der Waals surface area contributed by atoms with Crippen molar-refractivity contribution in [2.45, 2.75) is 13.3 Å². The van der Waals surface area contributed by atoms with Crippen molar-refractivity contribution in [2.75, 3.05) is 20.1 Å². The van der Waals surface area contributed by atoms with Gasteiger partial charge in [0.1, 0.15) is 0 Å². The highest BCUT2D eigenvalue weighted by Gasteiger charge is 1.93. The van der Waals surface area contributed by atoms with Gasteiger partial charge in [-0.25, -0.2) is 0 Å². The third-order valence-electron chi connectivity index (χ3n) is 1.00. The molecule has 0 spiro atoms. The first-order chi connectivity index (χ1) is 4.16. The van der Waals surface area contributed by atoms with E-state index in [0.29, 0.717) is 0 Å². The molecule has 0 fully saturated rings. The first kappa shape index (κ1) is 8.43. The maximum Gasteiger partial charge on any atom is 0.0554 e. The minimum Gasteiger partial charge on any atom is -0.549 e. The summed E-state index contributed by atoms with van der Waals surface area (Å²) in [7, 11) is 1.76. The number of carboxylic acid groups (broad SMARTS) is 1. The molecule has 0 bridgehead atoms. The Labute approximate surface area is 55.3 Å². The van der Waals surface area contributed by atoms with Gasteiger partial charge in [0, 0.05) is 6.54 Å². The van der Waals surface area contributed by atoms with Crippen LogP contribution in [0, 0.1) is 0 Å². The van der Waals surface area contributed by atoms with Crippen LogP contribution in [-0.4, -0.2) is 31.0 Å². The van der Waals surface area contributed by atoms with Gasteiger partial charge in [0.15, 0.2) is 0 Å². The average molecular weight is 130 g/mol. The van der Waals surface area contributed by atoms with Crippen LogP contribution in [0.15, 0.2) is 0 Å². The van der Waals surface area contributed by atoms with Crippen molar-refractivity contribution >= 4 is 5.97 Å². The van der Waals surface area contributed by atoms with E-state index >= 15 is 0 Å². The minimum absolute atomic E-state index is 0.0356. The predicted octanol–water partition coefficient (Wildman–Crippen LogP) is -0.922. The quantitative estimate of drug-likeness (QED) is 0.494. The van der Waals surface area contributed by atoms with Gasteiger partial charge in [-0.15, -0.1) is 0 Å². The normalized spacial score (nSPS) is 10.1. The van der Waals surface area contributed by atoms with Gasteiger partial charge in [0.25, 0.3) is 0 Å². The van der Waals surface area contributed by atoms with Gasteiger partial charge >= 0.3 is 0 Å². The number of hydrogen-bond acceptors (Lipinski definition) is 3. The molecule has 9 heavy (non-hydrogen) atoms. The van der Waals surface area contributed by atoms with Gasteiger partial charge in [-0.2, -0.15) is 0 Å². The van der Waals surface area contributed by atoms with Crippen LogP contribution in [0.3, 0.4) is 0 Å². The van der Waals surface area contributed by atoms with Crippen molar-refractivity contribution in [3.8, 4) is 0 Å². The highest BCUT2D eigenvalue weighted by molar-refractivity contribution is 5.66. The van der Waals surface area contributed by atoms with Gasteiger partial charge in [-0.3, -0.25) is 0 Å². The molecule has 54 valence electrons. The molecule has 0 saturated carbocycles. The summed E-state index contributed by atoms with van der Waals surface area (Å²) in [5.74, 6) is -1.01. The number of carbonyl (C=O) groups excluding carboxylic acids is 1. The highest BCUT2D eigenvalue weighted by atomic mass is 16.4. The lowest BCUT2D eigenvalue weighted by molar-refractivity contribution is -0.306. The average Bonchev–Trinajstić information content (AvgIpc) is 1.63. The Morgan fingerprint density at radius 3 is 2.56 bits per heavy atom. The zero-order valence-corrected chi connectivity index (χ0v) is 5.89. The molecule has 0 amide bonds. The number of likely N-dealkylation sites (N-methyl/N-ethyl adjacent to an activating group) is 1. The lowest BCUT2D eigenvalue weighted by Gasteiger charge is -2.14. The van der Waals surface area contributed by atoms with E-state index in [1.807, 2.05) is 6.92 Å². The van der Waals surface area contributed by atoms with Crippen molar-refractivity contribution in [3.63, 3.8) is 0 Å². The number of carbonyl (C=O) groups is 1. The number of aliphatic carboxylic acids is 1. The molecule has 0 heterocycles. The molecule has 0 aromatic carbocycles. The molecule has 0 radical (unpaired) electrons. The maximum atomic E-state index is 9.93. The van der Waals surface area contributed by atoms with Crippen LogP contribution < -0.4 is 5.11 Å². The fourth-order valence-electron chi connectivity index (χ4n) is 0.681. The van der Waals surface area contributed by atoms with Gasteiger partial charge in [-0.1, -0.05) is 6.92 Å². The van der Waals surface area contributed by atoms with E-state index in [1.165, 1.54) is 0 Å². The van der Waals surface area contributed by atoms with E-state index < -0.39 is 5.97 Å². The summed E-state index contributed by atoms with van der Waals surface area (Å²) in [5.41, 5.74) is 0. The molecule has 0 N–H and O–H groups in total. The molecule has 0 unspecified atom stereocenters. The fourth-order valence-corrected chi connectivity index (χ4v) is 0.681. The zero-order valence-electron chi connectivity index (χ0n) is 5.89. The highest BCUT2D eigenvalue weighted by Crippen LogP contribution is 1.82. The predicted molar refractivity (Wildman–Crippen MR) is 32.8 cm³/mol. The SMILES string of the molecule is CCCN(C)CC(=O)[O-]. The largest absolute Gasteiger partial charge is 0.549 e. The van der Waals surface area contributed by atoms with Crippen LogP contribution in [0.2, 0.25) is 0 Å². The standard InChI is InChI=1S/C6H13NO2/c1-3-4-7(2)5-6(8)9/h3-5H2,1-2H3,(H,8,9)/p-1. The third-order valence-corrected chi connectivity index (χ3v) is 1.00. The van der Waals surface area contributed by atoms with Gasteiger partial charge in [-0.05, 0) is 20.0 Å². The molecule has 0 rings (SSSR count). The molecule has 0 aromatic rings. The van der Waals surface area contributed by atoms with Crippen molar-refractivity contribution in [1.82, 2.24) is 4.90 Å². The monoisotopic (exact) mass is 130 g/mol. The van der Waals surface area contributed by atoms with Crippen LogP contribution in [0.25, 0.3) is 0 Å². The van der Waals surface area contributed by atoms with E-state index in [-0.39, 0.29) is 6.54 Å². The molecule has 0 saturated heterocycles. The Morgan fingerprint density at radius 2 is 2.22 bits per heavy atom. The summed E-state index contributed by atoms with van der Waals surface area (Å²) < 4.78 is 0. The molecule has 0 atom stereocenters. The van der Waals surface area contributed by atoms with Crippen LogP contribution in [0.1, 0.15) is 13.3 Å². The van der Waals surface area contributed by atoms with E-state index in [2.05, 4.69) is 0 Å². The molecule has 3 heteroatoms. The number of hydrogen-bond donors (Lipinski definition) is 0. The van der Waals surface area contributed by atoms with Crippen LogP contribution in [0.5, 0.6) is 0 Å². The molecule has 3 nitrogen and oxygen atoms in total. The molecule has 0 aromatic heterocycles. The van der Waals surface area contributed by atoms with E-state index in [4.69, 9.17) is 0 Å². The number of rotatable bonds is 4. The Bertz CT molecular complexity index is 93.1. The number of nitrogens with zero attached hydrogens (tertiary/aromatic N) is 1. The summed E-state index contributed by atoms with van der Waals surface area (Å²) in [5, 5.41) is 9.93. The maximum absolute atomic E-state index is 9.93. The second-order valence-electron chi connectivity index (χ2n) is 2.11. The van der Waals surface area contributed by atoms with Gasteiger partial charge < -0.3 is 14.8 Å². The van der Waals surface area contributed by atoms with Crippen LogP contribution in [-0.2, 0) is 4.79 Å².